The first kappa shape index (κ1) is 9.59. The summed E-state index contributed by atoms with van der Waals surface area (Å²) in [5.74, 6) is -1.44. The van der Waals surface area contributed by atoms with Crippen molar-refractivity contribution in [2.45, 2.75) is 25.8 Å². The molecule has 0 aromatic heterocycles. The zero-order chi connectivity index (χ0) is 10.1. The van der Waals surface area contributed by atoms with Gasteiger partial charge >= 0.3 is 0 Å². The maximum absolute atomic E-state index is 13.4. The van der Waals surface area contributed by atoms with E-state index in [1.807, 2.05) is 0 Å². The summed E-state index contributed by atoms with van der Waals surface area (Å²) in [4.78, 5) is 0. The summed E-state index contributed by atoms with van der Waals surface area (Å²) in [5, 5.41) is 3.16. The molecule has 1 nitrogen and oxygen atoms in total. The van der Waals surface area contributed by atoms with Crippen LogP contribution in [0.15, 0.2) is 12.1 Å². The fraction of sp³-hybridized carbons (Fsp3) is 0.455. The highest BCUT2D eigenvalue weighted by molar-refractivity contribution is 5.28. The lowest BCUT2D eigenvalue weighted by Gasteiger charge is -2.12. The van der Waals surface area contributed by atoms with Gasteiger partial charge < -0.3 is 5.32 Å². The van der Waals surface area contributed by atoms with E-state index in [-0.39, 0.29) is 6.04 Å². The summed E-state index contributed by atoms with van der Waals surface area (Å²) < 4.78 is 26.5. The van der Waals surface area contributed by atoms with Crippen LogP contribution >= 0.6 is 0 Å². The number of aryl methyl sites for hydroxylation is 1. The monoisotopic (exact) mass is 197 g/mol. The van der Waals surface area contributed by atoms with Crippen LogP contribution in [0, 0.1) is 18.6 Å². The Morgan fingerprint density at radius 3 is 2.79 bits per heavy atom. The van der Waals surface area contributed by atoms with Gasteiger partial charge in [-0.2, -0.15) is 0 Å². The van der Waals surface area contributed by atoms with Gasteiger partial charge in [-0.15, -0.1) is 0 Å². The largest absolute Gasteiger partial charge is 0.310 e. The lowest BCUT2D eigenvalue weighted by Crippen LogP contribution is -2.15. The van der Waals surface area contributed by atoms with Crippen molar-refractivity contribution in [2.24, 2.45) is 0 Å². The smallest absolute Gasteiger partial charge is 0.163 e. The molecule has 0 bridgehead atoms. The van der Waals surface area contributed by atoms with Gasteiger partial charge in [0, 0.05) is 11.6 Å². The van der Waals surface area contributed by atoms with Crippen molar-refractivity contribution in [3.05, 3.63) is 34.9 Å². The molecule has 1 heterocycles. The topological polar surface area (TPSA) is 12.0 Å². The summed E-state index contributed by atoms with van der Waals surface area (Å²) in [7, 11) is 0. The van der Waals surface area contributed by atoms with Crippen LogP contribution in [-0.2, 0) is 0 Å². The highest BCUT2D eigenvalue weighted by atomic mass is 19.2. The fourth-order valence-electron chi connectivity index (χ4n) is 1.96. The van der Waals surface area contributed by atoms with Crippen LogP contribution in [-0.4, -0.2) is 6.54 Å². The molecule has 0 aliphatic carbocycles. The maximum atomic E-state index is 13.4. The van der Waals surface area contributed by atoms with Crippen LogP contribution in [0.5, 0.6) is 0 Å². The molecule has 1 aromatic rings. The predicted octanol–water partition coefficient (Wildman–Crippen LogP) is 2.70. The summed E-state index contributed by atoms with van der Waals surface area (Å²) in [5.41, 5.74) is 1.24. The third-order valence-electron chi connectivity index (χ3n) is 2.64. The Labute approximate surface area is 82.1 Å². The van der Waals surface area contributed by atoms with E-state index in [0.717, 1.165) is 24.9 Å². The van der Waals surface area contributed by atoms with E-state index >= 15 is 0 Å². The van der Waals surface area contributed by atoms with Gasteiger partial charge in [-0.1, -0.05) is 6.07 Å². The van der Waals surface area contributed by atoms with Crippen LogP contribution in [0.3, 0.4) is 0 Å². The zero-order valence-corrected chi connectivity index (χ0v) is 8.11. The standard InChI is InChI=1S/C11H13F2N/c1-7-5-8(10-3-2-4-14-10)11(13)9(12)6-7/h5-6,10,14H,2-4H2,1H3. The average Bonchev–Trinajstić information content (AvgIpc) is 2.63. The molecule has 1 aromatic carbocycles. The van der Waals surface area contributed by atoms with Crippen molar-refractivity contribution < 1.29 is 8.78 Å². The molecule has 1 fully saturated rings. The van der Waals surface area contributed by atoms with Gasteiger partial charge in [0.15, 0.2) is 11.6 Å². The number of hydrogen-bond acceptors (Lipinski definition) is 1. The summed E-state index contributed by atoms with van der Waals surface area (Å²) in [6.45, 7) is 2.67. The van der Waals surface area contributed by atoms with Gasteiger partial charge in [-0.05, 0) is 37.9 Å². The molecular formula is C11H13F2N. The molecule has 14 heavy (non-hydrogen) atoms. The number of nitrogens with one attached hydrogen (secondary N) is 1. The minimum atomic E-state index is -0.742. The third-order valence-corrected chi connectivity index (χ3v) is 2.64. The number of rotatable bonds is 1. The first-order chi connectivity index (χ1) is 6.68. The summed E-state index contributed by atoms with van der Waals surface area (Å²) in [6.07, 6.45) is 1.92. The maximum Gasteiger partial charge on any atom is 0.163 e. The Morgan fingerprint density at radius 1 is 1.36 bits per heavy atom. The third kappa shape index (κ3) is 1.64. The van der Waals surface area contributed by atoms with E-state index in [4.69, 9.17) is 0 Å². The number of benzene rings is 1. The van der Waals surface area contributed by atoms with Crippen molar-refractivity contribution in [3.8, 4) is 0 Å². The molecule has 1 saturated heterocycles. The Morgan fingerprint density at radius 2 is 2.14 bits per heavy atom. The van der Waals surface area contributed by atoms with E-state index in [0.29, 0.717) is 5.56 Å². The fourth-order valence-corrected chi connectivity index (χ4v) is 1.96. The van der Waals surface area contributed by atoms with E-state index in [1.165, 1.54) is 6.07 Å². The normalized spacial score (nSPS) is 21.5. The Kier molecular flexibility index (Phi) is 2.50. The van der Waals surface area contributed by atoms with Gasteiger partial charge in [0.05, 0.1) is 0 Å². The Hall–Kier alpha value is -0.960. The summed E-state index contributed by atoms with van der Waals surface area (Å²) >= 11 is 0. The van der Waals surface area contributed by atoms with Gasteiger partial charge in [0.1, 0.15) is 0 Å². The lowest BCUT2D eigenvalue weighted by molar-refractivity contribution is 0.480. The lowest BCUT2D eigenvalue weighted by atomic mass is 10.0. The van der Waals surface area contributed by atoms with Crippen molar-refractivity contribution in [3.63, 3.8) is 0 Å². The first-order valence-corrected chi connectivity index (χ1v) is 4.87. The molecule has 0 spiro atoms. The molecule has 0 saturated carbocycles. The molecule has 1 atom stereocenters. The molecule has 76 valence electrons. The molecule has 0 amide bonds. The first-order valence-electron chi connectivity index (χ1n) is 4.87. The van der Waals surface area contributed by atoms with Crippen molar-refractivity contribution in [2.75, 3.05) is 6.54 Å². The van der Waals surface area contributed by atoms with Crippen LogP contribution in [0.1, 0.15) is 30.0 Å². The quantitative estimate of drug-likeness (QED) is 0.729. The van der Waals surface area contributed by atoms with Crippen LogP contribution < -0.4 is 5.32 Å². The van der Waals surface area contributed by atoms with Crippen molar-refractivity contribution >= 4 is 0 Å². The zero-order valence-electron chi connectivity index (χ0n) is 8.11. The van der Waals surface area contributed by atoms with Crippen LogP contribution in [0.25, 0.3) is 0 Å². The van der Waals surface area contributed by atoms with E-state index in [1.54, 1.807) is 13.0 Å². The molecule has 3 heteroatoms. The van der Waals surface area contributed by atoms with Gasteiger partial charge in [0.2, 0.25) is 0 Å². The molecular weight excluding hydrogens is 184 g/mol. The Bertz CT molecular complexity index is 343. The molecule has 1 aliphatic rings. The van der Waals surface area contributed by atoms with E-state index < -0.39 is 11.6 Å². The van der Waals surface area contributed by atoms with Crippen LogP contribution in [0.4, 0.5) is 8.78 Å². The number of hydrogen-bond donors (Lipinski definition) is 1. The van der Waals surface area contributed by atoms with Gasteiger partial charge in [0.25, 0.3) is 0 Å². The highest BCUT2D eigenvalue weighted by Gasteiger charge is 2.21. The minimum Gasteiger partial charge on any atom is -0.310 e. The minimum absolute atomic E-state index is 0.00981. The second kappa shape index (κ2) is 3.65. The molecule has 0 radical (unpaired) electrons. The van der Waals surface area contributed by atoms with Crippen LogP contribution in [0.2, 0.25) is 0 Å². The molecule has 1 N–H and O–H groups in total. The number of halogens is 2. The predicted molar refractivity (Wildman–Crippen MR) is 51.1 cm³/mol. The van der Waals surface area contributed by atoms with Crippen molar-refractivity contribution in [1.82, 2.24) is 5.32 Å². The molecule has 1 unspecified atom stereocenters. The van der Waals surface area contributed by atoms with Gasteiger partial charge in [-0.3, -0.25) is 0 Å². The van der Waals surface area contributed by atoms with Crippen molar-refractivity contribution in [1.29, 1.82) is 0 Å². The molecule has 2 rings (SSSR count). The SMILES string of the molecule is Cc1cc(F)c(F)c(C2CCCN2)c1. The Balaban J connectivity index is 2.40. The second-order valence-electron chi connectivity index (χ2n) is 3.80. The second-order valence-corrected chi connectivity index (χ2v) is 3.80. The average molecular weight is 197 g/mol. The van der Waals surface area contributed by atoms with E-state index in [9.17, 15) is 8.78 Å². The van der Waals surface area contributed by atoms with Gasteiger partial charge in [-0.25, -0.2) is 8.78 Å². The summed E-state index contributed by atoms with van der Waals surface area (Å²) in [6, 6.07) is 2.94. The van der Waals surface area contributed by atoms with E-state index in [2.05, 4.69) is 5.32 Å². The molecule has 1 aliphatic heterocycles. The highest BCUT2D eigenvalue weighted by Crippen LogP contribution is 2.27.